The second-order valence-corrected chi connectivity index (χ2v) is 4.71. The van der Waals surface area contributed by atoms with Crippen LogP contribution in [0.3, 0.4) is 0 Å². The van der Waals surface area contributed by atoms with Crippen molar-refractivity contribution in [3.8, 4) is 17.6 Å². The molecule has 0 aliphatic carbocycles. The van der Waals surface area contributed by atoms with Crippen LogP contribution in [-0.4, -0.2) is 31.0 Å². The predicted molar refractivity (Wildman–Crippen MR) is 74.2 cm³/mol. The lowest BCUT2D eigenvalue weighted by Gasteiger charge is -2.24. The lowest BCUT2D eigenvalue weighted by Crippen LogP contribution is -2.28. The van der Waals surface area contributed by atoms with Crippen LogP contribution in [0.5, 0.6) is 5.75 Å². The van der Waals surface area contributed by atoms with E-state index in [1.807, 2.05) is 25.1 Å². The number of aliphatic hydroxyl groups excluding tert-OH is 1. The number of aryl methyl sites for hydroxylation is 1. The quantitative estimate of drug-likeness (QED) is 0.847. The van der Waals surface area contributed by atoms with Gasteiger partial charge in [-0.25, -0.2) is 0 Å². The van der Waals surface area contributed by atoms with Gasteiger partial charge >= 0.3 is 0 Å². The van der Waals surface area contributed by atoms with Crippen molar-refractivity contribution in [2.24, 2.45) is 0 Å². The summed E-state index contributed by atoms with van der Waals surface area (Å²) >= 11 is 0. The van der Waals surface area contributed by atoms with E-state index < -0.39 is 0 Å². The molecule has 3 nitrogen and oxygen atoms in total. The Morgan fingerprint density at radius 2 is 2.37 bits per heavy atom. The van der Waals surface area contributed by atoms with E-state index in [1.165, 1.54) is 0 Å². The maximum Gasteiger partial charge on any atom is 0.122 e. The minimum atomic E-state index is 0.106. The van der Waals surface area contributed by atoms with Gasteiger partial charge in [0.25, 0.3) is 0 Å². The smallest absolute Gasteiger partial charge is 0.122 e. The zero-order valence-corrected chi connectivity index (χ0v) is 11.3. The van der Waals surface area contributed by atoms with E-state index in [1.54, 1.807) is 0 Å². The molecule has 102 valence electrons. The van der Waals surface area contributed by atoms with Gasteiger partial charge in [0.15, 0.2) is 0 Å². The van der Waals surface area contributed by atoms with Crippen LogP contribution in [0.1, 0.15) is 30.4 Å². The largest absolute Gasteiger partial charge is 0.488 e. The highest BCUT2D eigenvalue weighted by molar-refractivity contribution is 5.43. The van der Waals surface area contributed by atoms with Gasteiger partial charge in [-0.15, -0.1) is 0 Å². The number of hydrogen-bond acceptors (Lipinski definition) is 3. The SMILES string of the molecule is Cc1cc(C#CCCO)ccc1OC1CCCOC1. The van der Waals surface area contributed by atoms with E-state index in [4.69, 9.17) is 14.6 Å². The first-order chi connectivity index (χ1) is 9.29. The van der Waals surface area contributed by atoms with Crippen LogP contribution < -0.4 is 4.74 Å². The van der Waals surface area contributed by atoms with Gasteiger partial charge in [0.1, 0.15) is 11.9 Å². The van der Waals surface area contributed by atoms with Crippen LogP contribution in [0.15, 0.2) is 18.2 Å². The molecule has 1 aromatic rings. The maximum atomic E-state index is 8.69. The van der Waals surface area contributed by atoms with Crippen molar-refractivity contribution in [3.63, 3.8) is 0 Å². The Bertz CT molecular complexity index is 465. The number of benzene rings is 1. The summed E-state index contributed by atoms with van der Waals surface area (Å²) in [4.78, 5) is 0. The Morgan fingerprint density at radius 1 is 1.47 bits per heavy atom. The molecule has 0 saturated carbocycles. The third-order valence-corrected chi connectivity index (χ3v) is 3.06. The van der Waals surface area contributed by atoms with Gasteiger partial charge in [-0.1, -0.05) is 11.8 Å². The number of rotatable bonds is 3. The molecule has 2 rings (SSSR count). The number of hydrogen-bond donors (Lipinski definition) is 1. The van der Waals surface area contributed by atoms with Gasteiger partial charge in [-0.3, -0.25) is 0 Å². The highest BCUT2D eigenvalue weighted by atomic mass is 16.5. The minimum Gasteiger partial charge on any atom is -0.488 e. The van der Waals surface area contributed by atoms with E-state index in [0.29, 0.717) is 13.0 Å². The lowest BCUT2D eigenvalue weighted by molar-refractivity contribution is 0.00715. The summed E-state index contributed by atoms with van der Waals surface area (Å²) in [5.74, 6) is 6.85. The van der Waals surface area contributed by atoms with Crippen LogP contribution in [-0.2, 0) is 4.74 Å². The Morgan fingerprint density at radius 3 is 3.05 bits per heavy atom. The normalized spacial score (nSPS) is 18.5. The molecular weight excluding hydrogens is 240 g/mol. The maximum absolute atomic E-state index is 8.69. The Labute approximate surface area is 114 Å². The molecule has 0 aromatic heterocycles. The fraction of sp³-hybridized carbons (Fsp3) is 0.500. The average Bonchev–Trinajstić information content (AvgIpc) is 2.43. The molecule has 0 radical (unpaired) electrons. The predicted octanol–water partition coefficient (Wildman–Crippen LogP) is 2.29. The number of aliphatic hydroxyl groups is 1. The van der Waals surface area contributed by atoms with Crippen LogP contribution >= 0.6 is 0 Å². The molecule has 1 aliphatic heterocycles. The van der Waals surface area contributed by atoms with Gasteiger partial charge in [-0.2, -0.15) is 0 Å². The highest BCUT2D eigenvalue weighted by Crippen LogP contribution is 2.22. The van der Waals surface area contributed by atoms with Crippen molar-refractivity contribution in [2.75, 3.05) is 19.8 Å². The summed E-state index contributed by atoms with van der Waals surface area (Å²) in [5.41, 5.74) is 2.04. The van der Waals surface area contributed by atoms with Gasteiger partial charge < -0.3 is 14.6 Å². The van der Waals surface area contributed by atoms with Crippen LogP contribution in [0.2, 0.25) is 0 Å². The summed E-state index contributed by atoms with van der Waals surface area (Å²) in [5, 5.41) is 8.69. The molecule has 1 unspecified atom stereocenters. The first kappa shape index (κ1) is 13.9. The first-order valence-corrected chi connectivity index (χ1v) is 6.74. The van der Waals surface area contributed by atoms with E-state index in [9.17, 15) is 0 Å². The van der Waals surface area contributed by atoms with Crippen molar-refractivity contribution >= 4 is 0 Å². The molecule has 1 atom stereocenters. The molecule has 0 bridgehead atoms. The monoisotopic (exact) mass is 260 g/mol. The summed E-state index contributed by atoms with van der Waals surface area (Å²) in [6, 6.07) is 5.94. The van der Waals surface area contributed by atoms with Crippen molar-refractivity contribution in [1.29, 1.82) is 0 Å². The Kier molecular flexibility index (Phi) is 5.26. The van der Waals surface area contributed by atoms with Crippen LogP contribution in [0, 0.1) is 18.8 Å². The number of ether oxygens (including phenoxy) is 2. The molecule has 1 heterocycles. The first-order valence-electron chi connectivity index (χ1n) is 6.74. The van der Waals surface area contributed by atoms with E-state index in [0.717, 1.165) is 36.3 Å². The third kappa shape index (κ3) is 4.27. The van der Waals surface area contributed by atoms with Crippen molar-refractivity contribution < 1.29 is 14.6 Å². The fourth-order valence-corrected chi connectivity index (χ4v) is 2.06. The molecule has 1 N–H and O–H groups in total. The van der Waals surface area contributed by atoms with E-state index >= 15 is 0 Å². The van der Waals surface area contributed by atoms with Crippen molar-refractivity contribution in [1.82, 2.24) is 0 Å². The Hall–Kier alpha value is -1.50. The van der Waals surface area contributed by atoms with Crippen molar-refractivity contribution in [2.45, 2.75) is 32.3 Å². The van der Waals surface area contributed by atoms with Crippen LogP contribution in [0.4, 0.5) is 0 Å². The van der Waals surface area contributed by atoms with Gasteiger partial charge in [-0.05, 0) is 43.5 Å². The molecule has 1 aromatic carbocycles. The summed E-state index contributed by atoms with van der Waals surface area (Å²) < 4.78 is 11.4. The molecule has 1 fully saturated rings. The van der Waals surface area contributed by atoms with E-state index in [2.05, 4.69) is 11.8 Å². The fourth-order valence-electron chi connectivity index (χ4n) is 2.06. The van der Waals surface area contributed by atoms with E-state index in [-0.39, 0.29) is 12.7 Å². The zero-order chi connectivity index (χ0) is 13.5. The Balaban J connectivity index is 2.00. The summed E-state index contributed by atoms with van der Waals surface area (Å²) in [7, 11) is 0. The lowest BCUT2D eigenvalue weighted by atomic mass is 10.1. The molecule has 1 aliphatic rings. The molecule has 19 heavy (non-hydrogen) atoms. The van der Waals surface area contributed by atoms with Crippen molar-refractivity contribution in [3.05, 3.63) is 29.3 Å². The second-order valence-electron chi connectivity index (χ2n) is 4.71. The molecule has 3 heteroatoms. The van der Waals surface area contributed by atoms with Crippen LogP contribution in [0.25, 0.3) is 0 Å². The molecule has 1 saturated heterocycles. The standard InChI is InChI=1S/C16H20O3/c1-13-11-14(5-2-3-9-17)7-8-16(13)19-15-6-4-10-18-12-15/h7-8,11,15,17H,3-4,6,9-10,12H2,1H3. The summed E-state index contributed by atoms with van der Waals surface area (Å²) in [6.45, 7) is 3.65. The summed E-state index contributed by atoms with van der Waals surface area (Å²) in [6.07, 6.45) is 2.79. The highest BCUT2D eigenvalue weighted by Gasteiger charge is 2.16. The molecule has 0 amide bonds. The van der Waals surface area contributed by atoms with Gasteiger partial charge in [0.05, 0.1) is 13.2 Å². The molecular formula is C16H20O3. The molecule has 0 spiro atoms. The third-order valence-electron chi connectivity index (χ3n) is 3.06. The topological polar surface area (TPSA) is 38.7 Å². The average molecular weight is 260 g/mol. The van der Waals surface area contributed by atoms with Gasteiger partial charge in [0, 0.05) is 18.6 Å². The minimum absolute atomic E-state index is 0.106. The van der Waals surface area contributed by atoms with Gasteiger partial charge in [0.2, 0.25) is 0 Å². The second kappa shape index (κ2) is 7.18. The zero-order valence-electron chi connectivity index (χ0n) is 11.3.